The number of carbonyl (C=O) groups is 1. The van der Waals surface area contributed by atoms with E-state index in [9.17, 15) is 4.79 Å². The summed E-state index contributed by atoms with van der Waals surface area (Å²) < 4.78 is 6.25. The fraction of sp³-hybridized carbons (Fsp3) is 0.0625. The van der Waals surface area contributed by atoms with Crippen LogP contribution in [0.2, 0.25) is 0 Å². The number of hydrogen-bond acceptors (Lipinski definition) is 5. The van der Waals surface area contributed by atoms with Crippen LogP contribution in [0, 0.1) is 0 Å². The molecule has 3 rings (SSSR count). The number of benzene rings is 2. The number of anilines is 2. The van der Waals surface area contributed by atoms with Crippen molar-refractivity contribution >= 4 is 17.6 Å². The zero-order chi connectivity index (χ0) is 15.4. The number of ether oxygens (including phenoxy) is 1. The van der Waals surface area contributed by atoms with Crippen LogP contribution in [-0.2, 0) is 4.74 Å². The molecule has 0 radical (unpaired) electrons. The maximum absolute atomic E-state index is 11.7. The van der Waals surface area contributed by atoms with E-state index in [-0.39, 0.29) is 5.82 Å². The van der Waals surface area contributed by atoms with Crippen LogP contribution in [0.4, 0.5) is 11.6 Å². The molecule has 22 heavy (non-hydrogen) atoms. The van der Waals surface area contributed by atoms with Gasteiger partial charge in [0.1, 0.15) is 0 Å². The van der Waals surface area contributed by atoms with Crippen LogP contribution in [0.1, 0.15) is 10.6 Å². The SMILES string of the molecule is COC(=O)c1nc(Nc2ccccc2)n(-c2ccccc2)n1. The second-order valence-corrected chi connectivity index (χ2v) is 4.49. The van der Waals surface area contributed by atoms with Gasteiger partial charge in [-0.05, 0) is 24.3 Å². The van der Waals surface area contributed by atoms with Gasteiger partial charge in [0, 0.05) is 5.69 Å². The lowest BCUT2D eigenvalue weighted by Crippen LogP contribution is -2.05. The summed E-state index contributed by atoms with van der Waals surface area (Å²) in [5, 5.41) is 7.37. The summed E-state index contributed by atoms with van der Waals surface area (Å²) in [4.78, 5) is 15.9. The molecule has 0 spiro atoms. The Morgan fingerprint density at radius 2 is 1.68 bits per heavy atom. The number of nitrogens with one attached hydrogen (secondary N) is 1. The lowest BCUT2D eigenvalue weighted by Gasteiger charge is -2.07. The van der Waals surface area contributed by atoms with E-state index in [0.29, 0.717) is 5.95 Å². The fourth-order valence-corrected chi connectivity index (χ4v) is 1.97. The van der Waals surface area contributed by atoms with E-state index in [1.807, 2.05) is 60.7 Å². The topological polar surface area (TPSA) is 69.0 Å². The van der Waals surface area contributed by atoms with Gasteiger partial charge in [0.05, 0.1) is 12.8 Å². The molecule has 1 N–H and O–H groups in total. The lowest BCUT2D eigenvalue weighted by atomic mass is 10.3. The predicted molar refractivity (Wildman–Crippen MR) is 82.4 cm³/mol. The third-order valence-electron chi connectivity index (χ3n) is 3.01. The van der Waals surface area contributed by atoms with Crippen LogP contribution in [0.5, 0.6) is 0 Å². The average molecular weight is 294 g/mol. The molecule has 0 saturated heterocycles. The molecular formula is C16H14N4O2. The minimum atomic E-state index is -0.578. The Morgan fingerprint density at radius 1 is 1.05 bits per heavy atom. The first-order chi connectivity index (χ1) is 10.8. The molecule has 6 nitrogen and oxygen atoms in total. The van der Waals surface area contributed by atoms with E-state index in [2.05, 4.69) is 20.1 Å². The molecule has 0 fully saturated rings. The van der Waals surface area contributed by atoms with Gasteiger partial charge in [0.25, 0.3) is 5.82 Å². The van der Waals surface area contributed by atoms with Crippen LogP contribution >= 0.6 is 0 Å². The van der Waals surface area contributed by atoms with E-state index in [4.69, 9.17) is 0 Å². The predicted octanol–water partition coefficient (Wildman–Crippen LogP) is 2.80. The van der Waals surface area contributed by atoms with Crippen molar-refractivity contribution in [3.05, 3.63) is 66.5 Å². The number of para-hydroxylation sites is 2. The molecule has 0 atom stereocenters. The van der Waals surface area contributed by atoms with E-state index >= 15 is 0 Å². The number of esters is 1. The molecule has 0 amide bonds. The maximum atomic E-state index is 11.7. The number of rotatable bonds is 4. The van der Waals surface area contributed by atoms with Crippen molar-refractivity contribution in [1.82, 2.24) is 14.8 Å². The number of hydrogen-bond donors (Lipinski definition) is 1. The molecule has 0 aliphatic rings. The van der Waals surface area contributed by atoms with Gasteiger partial charge < -0.3 is 10.1 Å². The Kier molecular flexibility index (Phi) is 3.82. The summed E-state index contributed by atoms with van der Waals surface area (Å²) in [6.07, 6.45) is 0. The molecule has 0 unspecified atom stereocenters. The Morgan fingerprint density at radius 3 is 2.32 bits per heavy atom. The largest absolute Gasteiger partial charge is 0.463 e. The highest BCUT2D eigenvalue weighted by Gasteiger charge is 2.17. The average Bonchev–Trinajstić information content (AvgIpc) is 3.00. The highest BCUT2D eigenvalue weighted by molar-refractivity contribution is 5.85. The first kappa shape index (κ1) is 13.8. The minimum absolute atomic E-state index is 0.00443. The Hall–Kier alpha value is -3.15. The number of methoxy groups -OCH3 is 1. The second-order valence-electron chi connectivity index (χ2n) is 4.49. The molecule has 3 aromatic rings. The lowest BCUT2D eigenvalue weighted by molar-refractivity contribution is 0.0587. The molecule has 0 bridgehead atoms. The summed E-state index contributed by atoms with van der Waals surface area (Å²) in [5.74, 6) is -0.131. The Labute approximate surface area is 127 Å². The van der Waals surface area contributed by atoms with Gasteiger partial charge in [0.2, 0.25) is 5.95 Å². The van der Waals surface area contributed by atoms with Crippen molar-refractivity contribution in [2.45, 2.75) is 0 Å². The smallest absolute Gasteiger partial charge is 0.378 e. The van der Waals surface area contributed by atoms with Crippen LogP contribution in [-0.4, -0.2) is 27.8 Å². The van der Waals surface area contributed by atoms with Gasteiger partial charge in [-0.1, -0.05) is 36.4 Å². The number of carbonyl (C=O) groups excluding carboxylic acids is 1. The molecule has 1 aromatic heterocycles. The molecule has 0 aliphatic heterocycles. The molecule has 1 heterocycles. The third-order valence-corrected chi connectivity index (χ3v) is 3.01. The van der Waals surface area contributed by atoms with Gasteiger partial charge in [0.15, 0.2) is 0 Å². The van der Waals surface area contributed by atoms with Gasteiger partial charge in [-0.25, -0.2) is 4.79 Å². The molecule has 0 saturated carbocycles. The fourth-order valence-electron chi connectivity index (χ4n) is 1.97. The summed E-state index contributed by atoms with van der Waals surface area (Å²) in [7, 11) is 1.30. The minimum Gasteiger partial charge on any atom is -0.463 e. The monoisotopic (exact) mass is 294 g/mol. The highest BCUT2D eigenvalue weighted by atomic mass is 16.5. The van der Waals surface area contributed by atoms with Crippen LogP contribution in [0.25, 0.3) is 5.69 Å². The van der Waals surface area contributed by atoms with Gasteiger partial charge in [-0.2, -0.15) is 9.67 Å². The zero-order valence-electron chi connectivity index (χ0n) is 11.9. The summed E-state index contributed by atoms with van der Waals surface area (Å²) in [5.41, 5.74) is 1.65. The zero-order valence-corrected chi connectivity index (χ0v) is 11.9. The standard InChI is InChI=1S/C16H14N4O2/c1-22-15(21)14-18-16(17-12-8-4-2-5-9-12)20(19-14)13-10-6-3-7-11-13/h2-11H,1H3,(H,17,18,19). The molecule has 2 aromatic carbocycles. The molecular weight excluding hydrogens is 280 g/mol. The van der Waals surface area contributed by atoms with Gasteiger partial charge in [-0.15, -0.1) is 5.10 Å². The Bertz CT molecular complexity index is 769. The van der Waals surface area contributed by atoms with Crippen molar-refractivity contribution in [2.24, 2.45) is 0 Å². The van der Waals surface area contributed by atoms with Crippen LogP contribution in [0.3, 0.4) is 0 Å². The summed E-state index contributed by atoms with van der Waals surface area (Å²) in [6.45, 7) is 0. The number of aromatic nitrogens is 3. The molecule has 110 valence electrons. The highest BCUT2D eigenvalue weighted by Crippen LogP contribution is 2.18. The van der Waals surface area contributed by atoms with E-state index in [0.717, 1.165) is 11.4 Å². The van der Waals surface area contributed by atoms with Crippen LogP contribution < -0.4 is 5.32 Å². The summed E-state index contributed by atoms with van der Waals surface area (Å²) in [6, 6.07) is 19.0. The molecule has 0 aliphatic carbocycles. The van der Waals surface area contributed by atoms with Gasteiger partial charge in [-0.3, -0.25) is 0 Å². The van der Waals surface area contributed by atoms with E-state index < -0.39 is 5.97 Å². The first-order valence-electron chi connectivity index (χ1n) is 6.71. The van der Waals surface area contributed by atoms with Crippen molar-refractivity contribution in [3.8, 4) is 5.69 Å². The van der Waals surface area contributed by atoms with Crippen molar-refractivity contribution < 1.29 is 9.53 Å². The van der Waals surface area contributed by atoms with Crippen molar-refractivity contribution in [1.29, 1.82) is 0 Å². The van der Waals surface area contributed by atoms with Crippen molar-refractivity contribution in [3.63, 3.8) is 0 Å². The Balaban J connectivity index is 2.03. The summed E-state index contributed by atoms with van der Waals surface area (Å²) >= 11 is 0. The molecule has 6 heteroatoms. The van der Waals surface area contributed by atoms with Crippen LogP contribution in [0.15, 0.2) is 60.7 Å². The second kappa shape index (κ2) is 6.09. The normalized spacial score (nSPS) is 10.2. The van der Waals surface area contributed by atoms with E-state index in [1.54, 1.807) is 4.68 Å². The maximum Gasteiger partial charge on any atom is 0.378 e. The van der Waals surface area contributed by atoms with Crippen molar-refractivity contribution in [2.75, 3.05) is 12.4 Å². The first-order valence-corrected chi connectivity index (χ1v) is 6.71. The van der Waals surface area contributed by atoms with Gasteiger partial charge >= 0.3 is 5.97 Å². The number of nitrogens with zero attached hydrogens (tertiary/aromatic N) is 3. The van der Waals surface area contributed by atoms with E-state index in [1.165, 1.54) is 7.11 Å². The third kappa shape index (κ3) is 2.80. The quantitative estimate of drug-likeness (QED) is 0.749.